The van der Waals surface area contributed by atoms with Gasteiger partial charge in [0.25, 0.3) is 0 Å². The van der Waals surface area contributed by atoms with Gasteiger partial charge in [-0.15, -0.1) is 0 Å². The molecule has 122 valence electrons. The van der Waals surface area contributed by atoms with Gasteiger partial charge in [-0.05, 0) is 53.7 Å². The molecule has 0 fully saturated rings. The number of hydrogen-bond acceptors (Lipinski definition) is 2. The number of nitrogens with one attached hydrogen (secondary N) is 2. The molecule has 0 bridgehead atoms. The highest BCUT2D eigenvalue weighted by Crippen LogP contribution is 2.22. The first kappa shape index (κ1) is 15.0. The maximum absolute atomic E-state index is 12.6. The minimum atomic E-state index is -0.101. The lowest BCUT2D eigenvalue weighted by Gasteiger charge is -2.33. The molecule has 0 aliphatic carbocycles. The Labute approximate surface area is 141 Å². The van der Waals surface area contributed by atoms with Crippen LogP contribution in [0.1, 0.15) is 16.7 Å². The summed E-state index contributed by atoms with van der Waals surface area (Å²) >= 11 is 0. The molecule has 4 rings (SSSR count). The average Bonchev–Trinajstić information content (AvgIpc) is 3.06. The standard InChI is InChI=1S/C20H21N3O/c1-23-13-17-5-3-2-4-15(17)11-19(23)20(24)22-12-14-6-7-18-16(10-14)8-9-21-18/h2-10,19,21H,11-13H2,1H3,(H,22,24). The van der Waals surface area contributed by atoms with Crippen LogP contribution in [0.25, 0.3) is 10.9 Å². The number of aromatic amines is 1. The van der Waals surface area contributed by atoms with Crippen molar-refractivity contribution in [1.82, 2.24) is 15.2 Å². The third kappa shape index (κ3) is 2.81. The third-order valence-corrected chi connectivity index (χ3v) is 4.87. The van der Waals surface area contributed by atoms with Crippen molar-refractivity contribution < 1.29 is 4.79 Å². The van der Waals surface area contributed by atoms with Gasteiger partial charge in [0.2, 0.25) is 5.91 Å². The molecule has 1 aromatic heterocycles. The van der Waals surface area contributed by atoms with E-state index >= 15 is 0 Å². The van der Waals surface area contributed by atoms with Gasteiger partial charge < -0.3 is 10.3 Å². The molecule has 4 nitrogen and oxygen atoms in total. The van der Waals surface area contributed by atoms with Crippen molar-refractivity contribution in [1.29, 1.82) is 0 Å². The fraction of sp³-hybridized carbons (Fsp3) is 0.250. The molecule has 4 heteroatoms. The lowest BCUT2D eigenvalue weighted by atomic mass is 9.94. The number of rotatable bonds is 3. The van der Waals surface area contributed by atoms with Gasteiger partial charge in [0, 0.05) is 24.8 Å². The molecule has 3 aromatic rings. The molecule has 2 heterocycles. The quantitative estimate of drug-likeness (QED) is 0.780. The number of carbonyl (C=O) groups excluding carboxylic acids is 1. The zero-order valence-corrected chi connectivity index (χ0v) is 13.8. The highest BCUT2D eigenvalue weighted by molar-refractivity contribution is 5.83. The topological polar surface area (TPSA) is 48.1 Å². The number of hydrogen-bond donors (Lipinski definition) is 2. The number of aromatic nitrogens is 1. The molecule has 1 amide bonds. The number of fused-ring (bicyclic) bond motifs is 2. The second-order valence-corrected chi connectivity index (χ2v) is 6.52. The Morgan fingerprint density at radius 3 is 2.92 bits per heavy atom. The molecular weight excluding hydrogens is 298 g/mol. The third-order valence-electron chi connectivity index (χ3n) is 4.87. The summed E-state index contributed by atoms with van der Waals surface area (Å²) in [7, 11) is 2.02. The maximum Gasteiger partial charge on any atom is 0.237 e. The number of amides is 1. The zero-order chi connectivity index (χ0) is 16.5. The van der Waals surface area contributed by atoms with E-state index in [2.05, 4.69) is 51.6 Å². The summed E-state index contributed by atoms with van der Waals surface area (Å²) in [5, 5.41) is 4.27. The summed E-state index contributed by atoms with van der Waals surface area (Å²) in [5.74, 6) is 0.0983. The lowest BCUT2D eigenvalue weighted by molar-refractivity contribution is -0.126. The van der Waals surface area contributed by atoms with Gasteiger partial charge in [-0.3, -0.25) is 9.69 Å². The first-order valence-corrected chi connectivity index (χ1v) is 8.31. The molecule has 1 aliphatic rings. The van der Waals surface area contributed by atoms with E-state index in [4.69, 9.17) is 0 Å². The van der Waals surface area contributed by atoms with Crippen LogP contribution in [0.4, 0.5) is 0 Å². The molecule has 0 saturated carbocycles. The number of benzene rings is 2. The van der Waals surface area contributed by atoms with Crippen LogP contribution >= 0.6 is 0 Å². The molecule has 1 atom stereocenters. The molecule has 1 unspecified atom stereocenters. The van der Waals surface area contributed by atoms with Crippen LogP contribution in [0.15, 0.2) is 54.7 Å². The Morgan fingerprint density at radius 1 is 1.21 bits per heavy atom. The number of carbonyl (C=O) groups is 1. The van der Waals surface area contributed by atoms with E-state index in [-0.39, 0.29) is 11.9 Å². The van der Waals surface area contributed by atoms with Gasteiger partial charge in [-0.25, -0.2) is 0 Å². The van der Waals surface area contributed by atoms with E-state index in [9.17, 15) is 4.79 Å². The first-order chi connectivity index (χ1) is 11.7. The van der Waals surface area contributed by atoms with Crippen LogP contribution in [0, 0.1) is 0 Å². The molecule has 0 spiro atoms. The summed E-state index contributed by atoms with van der Waals surface area (Å²) in [6.45, 7) is 1.38. The molecule has 2 aromatic carbocycles. The van der Waals surface area contributed by atoms with E-state index in [0.29, 0.717) is 6.54 Å². The van der Waals surface area contributed by atoms with Crippen molar-refractivity contribution in [2.24, 2.45) is 0 Å². The van der Waals surface area contributed by atoms with Gasteiger partial charge in [0.15, 0.2) is 0 Å². The summed E-state index contributed by atoms with van der Waals surface area (Å²) in [6, 6.07) is 16.6. The predicted molar refractivity (Wildman–Crippen MR) is 95.5 cm³/mol. The minimum Gasteiger partial charge on any atom is -0.361 e. The van der Waals surface area contributed by atoms with Crippen LogP contribution in [-0.2, 0) is 24.3 Å². The van der Waals surface area contributed by atoms with Crippen molar-refractivity contribution in [2.75, 3.05) is 7.05 Å². The van der Waals surface area contributed by atoms with Gasteiger partial charge in [0.05, 0.1) is 6.04 Å². The predicted octanol–water partition coefficient (Wildman–Crippen LogP) is 2.84. The Balaban J connectivity index is 1.44. The molecule has 1 aliphatic heterocycles. The van der Waals surface area contributed by atoms with Crippen molar-refractivity contribution in [3.05, 3.63) is 71.4 Å². The SMILES string of the molecule is CN1Cc2ccccc2CC1C(=O)NCc1ccc2[nH]ccc2c1. The second-order valence-electron chi connectivity index (χ2n) is 6.52. The van der Waals surface area contributed by atoms with Crippen molar-refractivity contribution >= 4 is 16.8 Å². The van der Waals surface area contributed by atoms with E-state index < -0.39 is 0 Å². The van der Waals surface area contributed by atoms with E-state index in [1.54, 1.807) is 0 Å². The molecule has 0 radical (unpaired) electrons. The average molecular weight is 319 g/mol. The smallest absolute Gasteiger partial charge is 0.237 e. The maximum atomic E-state index is 12.6. The van der Waals surface area contributed by atoms with Crippen LogP contribution in [-0.4, -0.2) is 28.9 Å². The summed E-state index contributed by atoms with van der Waals surface area (Å²) in [6.07, 6.45) is 2.71. The van der Waals surface area contributed by atoms with Crippen LogP contribution in [0.5, 0.6) is 0 Å². The highest BCUT2D eigenvalue weighted by Gasteiger charge is 2.28. The summed E-state index contributed by atoms with van der Waals surface area (Å²) in [4.78, 5) is 18.0. The number of nitrogens with zero attached hydrogens (tertiary/aromatic N) is 1. The number of H-pyrrole nitrogens is 1. The van der Waals surface area contributed by atoms with Gasteiger partial charge in [-0.1, -0.05) is 30.3 Å². The second kappa shape index (κ2) is 6.13. The van der Waals surface area contributed by atoms with E-state index in [0.717, 1.165) is 24.0 Å². The lowest BCUT2D eigenvalue weighted by Crippen LogP contribution is -2.48. The van der Waals surface area contributed by atoms with E-state index in [1.165, 1.54) is 16.5 Å². The van der Waals surface area contributed by atoms with Gasteiger partial charge in [0.1, 0.15) is 0 Å². The summed E-state index contributed by atoms with van der Waals surface area (Å²) in [5.41, 5.74) is 4.84. The van der Waals surface area contributed by atoms with Gasteiger partial charge >= 0.3 is 0 Å². The number of likely N-dealkylation sites (N-methyl/N-ethyl adjacent to an activating group) is 1. The Bertz CT molecular complexity index is 883. The van der Waals surface area contributed by atoms with Gasteiger partial charge in [-0.2, -0.15) is 0 Å². The minimum absolute atomic E-state index is 0.0983. The van der Waals surface area contributed by atoms with Crippen molar-refractivity contribution in [2.45, 2.75) is 25.6 Å². The molecule has 0 saturated heterocycles. The van der Waals surface area contributed by atoms with E-state index in [1.807, 2.05) is 25.4 Å². The largest absolute Gasteiger partial charge is 0.361 e. The molecular formula is C20H21N3O. The monoisotopic (exact) mass is 319 g/mol. The fourth-order valence-corrected chi connectivity index (χ4v) is 3.47. The normalized spacial score (nSPS) is 17.6. The Morgan fingerprint density at radius 2 is 2.04 bits per heavy atom. The zero-order valence-electron chi connectivity index (χ0n) is 13.8. The fourth-order valence-electron chi connectivity index (χ4n) is 3.47. The van der Waals surface area contributed by atoms with Crippen molar-refractivity contribution in [3.63, 3.8) is 0 Å². The highest BCUT2D eigenvalue weighted by atomic mass is 16.2. The van der Waals surface area contributed by atoms with Crippen LogP contribution in [0.2, 0.25) is 0 Å². The first-order valence-electron chi connectivity index (χ1n) is 8.31. The van der Waals surface area contributed by atoms with Crippen molar-refractivity contribution in [3.8, 4) is 0 Å². The Kier molecular flexibility index (Phi) is 3.82. The summed E-state index contributed by atoms with van der Waals surface area (Å²) < 4.78 is 0. The molecule has 24 heavy (non-hydrogen) atoms. The Hall–Kier alpha value is -2.59. The van der Waals surface area contributed by atoms with Crippen LogP contribution in [0.3, 0.4) is 0 Å². The molecule has 2 N–H and O–H groups in total. The van der Waals surface area contributed by atoms with Crippen LogP contribution < -0.4 is 5.32 Å².